The number of nitrogens with one attached hydrogen (secondary N) is 1. The van der Waals surface area contributed by atoms with Crippen LogP contribution in [0.2, 0.25) is 0 Å². The smallest absolute Gasteiger partial charge is 0.318 e. The molecule has 3 atom stereocenters. The first-order chi connectivity index (χ1) is 9.59. The van der Waals surface area contributed by atoms with Gasteiger partial charge in [-0.15, -0.1) is 0 Å². The molecule has 1 heterocycles. The van der Waals surface area contributed by atoms with Gasteiger partial charge in [0.1, 0.15) is 0 Å². The molecule has 0 aromatic carbocycles. The molecule has 1 aliphatic carbocycles. The summed E-state index contributed by atoms with van der Waals surface area (Å²) >= 11 is 0. The summed E-state index contributed by atoms with van der Waals surface area (Å²) in [6, 6.07) is -0.366. The predicted octanol–water partition coefficient (Wildman–Crippen LogP) is 1.45. The van der Waals surface area contributed by atoms with Crippen molar-refractivity contribution in [3.63, 3.8) is 0 Å². The van der Waals surface area contributed by atoms with Crippen molar-refractivity contribution < 1.29 is 19.4 Å². The van der Waals surface area contributed by atoms with Crippen molar-refractivity contribution >= 4 is 12.0 Å². The fraction of sp³-hybridized carbons (Fsp3) is 0.857. The standard InChI is InChI=1S/C14H24N2O4/c1-10-9-20-8-7-16(10)14(19)15-12-6-4-2-3-5-11(12)13(17)18/h10-12H,2-9H2,1H3,(H,15,19)(H,17,18). The first-order valence-electron chi connectivity index (χ1n) is 7.47. The Hall–Kier alpha value is -1.30. The van der Waals surface area contributed by atoms with E-state index in [4.69, 9.17) is 4.74 Å². The second-order valence-corrected chi connectivity index (χ2v) is 5.76. The zero-order chi connectivity index (χ0) is 14.5. The number of carboxylic acid groups (broad SMARTS) is 1. The minimum Gasteiger partial charge on any atom is -0.481 e. The van der Waals surface area contributed by atoms with E-state index in [0.717, 1.165) is 25.7 Å². The van der Waals surface area contributed by atoms with Gasteiger partial charge in [-0.3, -0.25) is 4.79 Å². The maximum Gasteiger partial charge on any atom is 0.318 e. The highest BCUT2D eigenvalue weighted by Gasteiger charge is 2.33. The number of nitrogens with zero attached hydrogens (tertiary/aromatic N) is 1. The molecule has 0 spiro atoms. The zero-order valence-corrected chi connectivity index (χ0v) is 12.0. The van der Waals surface area contributed by atoms with Crippen LogP contribution in [0.15, 0.2) is 0 Å². The number of carboxylic acids is 1. The maximum absolute atomic E-state index is 12.3. The van der Waals surface area contributed by atoms with Gasteiger partial charge in [-0.1, -0.05) is 19.3 Å². The summed E-state index contributed by atoms with van der Waals surface area (Å²) in [7, 11) is 0. The van der Waals surface area contributed by atoms with Gasteiger partial charge in [-0.25, -0.2) is 4.79 Å². The lowest BCUT2D eigenvalue weighted by Gasteiger charge is -2.35. The molecule has 0 aromatic heterocycles. The largest absolute Gasteiger partial charge is 0.481 e. The van der Waals surface area contributed by atoms with Crippen LogP contribution in [0, 0.1) is 5.92 Å². The van der Waals surface area contributed by atoms with Crippen molar-refractivity contribution in [2.24, 2.45) is 5.92 Å². The van der Waals surface area contributed by atoms with E-state index in [9.17, 15) is 14.7 Å². The second-order valence-electron chi connectivity index (χ2n) is 5.76. The van der Waals surface area contributed by atoms with Crippen molar-refractivity contribution in [1.29, 1.82) is 0 Å². The molecular formula is C14H24N2O4. The van der Waals surface area contributed by atoms with E-state index in [1.165, 1.54) is 0 Å². The molecular weight excluding hydrogens is 260 g/mol. The van der Waals surface area contributed by atoms with Crippen LogP contribution in [0.4, 0.5) is 4.79 Å². The van der Waals surface area contributed by atoms with E-state index in [0.29, 0.717) is 26.2 Å². The van der Waals surface area contributed by atoms with E-state index in [2.05, 4.69) is 5.32 Å². The lowest BCUT2D eigenvalue weighted by molar-refractivity contribution is -0.142. The molecule has 114 valence electrons. The van der Waals surface area contributed by atoms with Gasteiger partial charge in [0.15, 0.2) is 0 Å². The molecule has 20 heavy (non-hydrogen) atoms. The summed E-state index contributed by atoms with van der Waals surface area (Å²) in [5.74, 6) is -1.26. The molecule has 6 nitrogen and oxygen atoms in total. The lowest BCUT2D eigenvalue weighted by Crippen LogP contribution is -2.55. The molecule has 0 aromatic rings. The van der Waals surface area contributed by atoms with Gasteiger partial charge in [0.25, 0.3) is 0 Å². The van der Waals surface area contributed by atoms with E-state index in [1.54, 1.807) is 4.90 Å². The molecule has 1 aliphatic heterocycles. The number of morpholine rings is 1. The van der Waals surface area contributed by atoms with Crippen LogP contribution >= 0.6 is 0 Å². The number of carbonyl (C=O) groups is 2. The van der Waals surface area contributed by atoms with Crippen molar-refractivity contribution in [2.45, 2.75) is 51.1 Å². The first kappa shape index (κ1) is 15.1. The fourth-order valence-electron chi connectivity index (χ4n) is 3.05. The Morgan fingerprint density at radius 2 is 2.00 bits per heavy atom. The Labute approximate surface area is 119 Å². The number of hydrogen-bond donors (Lipinski definition) is 2. The Morgan fingerprint density at radius 3 is 2.70 bits per heavy atom. The third-order valence-corrected chi connectivity index (χ3v) is 4.27. The van der Waals surface area contributed by atoms with Crippen LogP contribution in [-0.4, -0.2) is 53.8 Å². The number of ether oxygens (including phenoxy) is 1. The summed E-state index contributed by atoms with van der Waals surface area (Å²) in [4.78, 5) is 25.4. The molecule has 2 rings (SSSR count). The number of hydrogen-bond acceptors (Lipinski definition) is 3. The van der Waals surface area contributed by atoms with E-state index < -0.39 is 11.9 Å². The van der Waals surface area contributed by atoms with Crippen molar-refractivity contribution in [2.75, 3.05) is 19.8 Å². The first-order valence-corrected chi connectivity index (χ1v) is 7.47. The highest BCUT2D eigenvalue weighted by atomic mass is 16.5. The van der Waals surface area contributed by atoms with Crippen LogP contribution < -0.4 is 5.32 Å². The molecule has 1 saturated carbocycles. The summed E-state index contributed by atoms with van der Waals surface area (Å²) in [6.45, 7) is 3.60. The molecule has 3 unspecified atom stereocenters. The van der Waals surface area contributed by atoms with Gasteiger partial charge < -0.3 is 20.1 Å². The summed E-state index contributed by atoms with van der Waals surface area (Å²) in [5.41, 5.74) is 0. The normalized spacial score (nSPS) is 31.4. The van der Waals surface area contributed by atoms with Crippen molar-refractivity contribution in [3.8, 4) is 0 Å². The van der Waals surface area contributed by atoms with Crippen molar-refractivity contribution in [1.82, 2.24) is 10.2 Å². The molecule has 6 heteroatoms. The zero-order valence-electron chi connectivity index (χ0n) is 12.0. The third-order valence-electron chi connectivity index (χ3n) is 4.27. The Bertz CT molecular complexity index is 361. The molecule has 2 amide bonds. The molecule has 0 bridgehead atoms. The topological polar surface area (TPSA) is 78.9 Å². The minimum atomic E-state index is -0.799. The van der Waals surface area contributed by atoms with Crippen LogP contribution in [0.25, 0.3) is 0 Å². The minimum absolute atomic E-state index is 0.0396. The van der Waals surface area contributed by atoms with Crippen LogP contribution in [0.1, 0.15) is 39.0 Å². The van der Waals surface area contributed by atoms with E-state index >= 15 is 0 Å². The van der Waals surface area contributed by atoms with Crippen LogP contribution in [0.3, 0.4) is 0 Å². The quantitative estimate of drug-likeness (QED) is 0.752. The number of amides is 2. The summed E-state index contributed by atoms with van der Waals surface area (Å²) in [5, 5.41) is 12.3. The third kappa shape index (κ3) is 3.62. The summed E-state index contributed by atoms with van der Waals surface area (Å²) < 4.78 is 5.32. The van der Waals surface area contributed by atoms with Gasteiger partial charge in [-0.05, 0) is 19.8 Å². The Morgan fingerprint density at radius 1 is 1.25 bits per heavy atom. The highest BCUT2D eigenvalue weighted by molar-refractivity contribution is 5.77. The van der Waals surface area contributed by atoms with Gasteiger partial charge in [0, 0.05) is 12.6 Å². The SMILES string of the molecule is CC1COCCN1C(=O)NC1CCCCCC1C(=O)O. The Kier molecular flexibility index (Phi) is 5.23. The average molecular weight is 284 g/mol. The second kappa shape index (κ2) is 6.92. The van der Waals surface area contributed by atoms with E-state index in [-0.39, 0.29) is 18.1 Å². The molecule has 2 N–H and O–H groups in total. The number of aliphatic carboxylic acids is 1. The number of urea groups is 1. The van der Waals surface area contributed by atoms with Crippen molar-refractivity contribution in [3.05, 3.63) is 0 Å². The molecule has 0 radical (unpaired) electrons. The lowest BCUT2D eigenvalue weighted by atomic mass is 9.95. The van der Waals surface area contributed by atoms with Gasteiger partial charge in [-0.2, -0.15) is 0 Å². The van der Waals surface area contributed by atoms with Gasteiger partial charge in [0.2, 0.25) is 0 Å². The monoisotopic (exact) mass is 284 g/mol. The van der Waals surface area contributed by atoms with Crippen LogP contribution in [-0.2, 0) is 9.53 Å². The average Bonchev–Trinajstić information content (AvgIpc) is 2.64. The predicted molar refractivity (Wildman–Crippen MR) is 73.5 cm³/mol. The van der Waals surface area contributed by atoms with Crippen LogP contribution in [0.5, 0.6) is 0 Å². The fourth-order valence-corrected chi connectivity index (χ4v) is 3.05. The summed E-state index contributed by atoms with van der Waals surface area (Å²) in [6.07, 6.45) is 4.36. The van der Waals surface area contributed by atoms with Gasteiger partial charge >= 0.3 is 12.0 Å². The molecule has 2 fully saturated rings. The van der Waals surface area contributed by atoms with Gasteiger partial charge in [0.05, 0.1) is 25.2 Å². The molecule has 1 saturated heterocycles. The highest BCUT2D eigenvalue weighted by Crippen LogP contribution is 2.24. The number of carbonyl (C=O) groups excluding carboxylic acids is 1. The molecule has 2 aliphatic rings. The maximum atomic E-state index is 12.3. The number of rotatable bonds is 2. The van der Waals surface area contributed by atoms with E-state index in [1.807, 2.05) is 6.92 Å². The Balaban J connectivity index is 1.98.